The second-order valence-electron chi connectivity index (χ2n) is 6.06. The molecule has 2 N–H and O–H groups in total. The lowest BCUT2D eigenvalue weighted by Crippen LogP contribution is -2.43. The summed E-state index contributed by atoms with van der Waals surface area (Å²) in [5, 5.41) is 28.5. The molecule has 0 aliphatic heterocycles. The van der Waals surface area contributed by atoms with Crippen molar-refractivity contribution >= 4 is 11.8 Å². The minimum atomic E-state index is -1.09. The van der Waals surface area contributed by atoms with Gasteiger partial charge in [-0.25, -0.2) is 4.79 Å². The number of carbonyl (C=O) groups is 1. The van der Waals surface area contributed by atoms with Gasteiger partial charge in [-0.05, 0) is 30.5 Å². The number of hydrogen-bond donors (Lipinski definition) is 2. The molecule has 0 spiro atoms. The van der Waals surface area contributed by atoms with E-state index in [1.54, 1.807) is 12.4 Å². The second-order valence-corrected chi connectivity index (χ2v) is 6.06. The molecule has 3 rings (SSSR count). The monoisotopic (exact) mass is 311 g/mol. The Morgan fingerprint density at radius 2 is 2.35 bits per heavy atom. The molecule has 1 aliphatic rings. The Labute approximate surface area is 133 Å². The maximum atomic E-state index is 10.8. The molecule has 1 aromatic carbocycles. The highest BCUT2D eigenvalue weighted by Crippen LogP contribution is 2.49. The lowest BCUT2D eigenvalue weighted by Gasteiger charge is -2.45. The first kappa shape index (κ1) is 15.0. The maximum Gasteiger partial charge on any atom is 0.409 e. The van der Waals surface area contributed by atoms with E-state index in [-0.39, 0.29) is 11.3 Å². The zero-order chi connectivity index (χ0) is 16.4. The van der Waals surface area contributed by atoms with E-state index in [0.717, 1.165) is 24.2 Å². The standard InChI is InChI=1S/C16H17N5O2/c1-21-10-18-20-14(21)8-16(6-11(7-16)9-17)12-3-2-4-13(5-12)19-15(22)23/h2-5,10-11,19H,6-8H2,1H3,(H,22,23). The number of nitriles is 1. The Kier molecular flexibility index (Phi) is 3.74. The van der Waals surface area contributed by atoms with Crippen LogP contribution in [0.5, 0.6) is 0 Å². The van der Waals surface area contributed by atoms with Crippen LogP contribution < -0.4 is 5.32 Å². The third-order valence-electron chi connectivity index (χ3n) is 4.48. The van der Waals surface area contributed by atoms with E-state index in [1.807, 2.05) is 29.8 Å². The Hall–Kier alpha value is -2.88. The smallest absolute Gasteiger partial charge is 0.409 e. The van der Waals surface area contributed by atoms with Crippen molar-refractivity contribution in [1.82, 2.24) is 14.8 Å². The first-order chi connectivity index (χ1) is 11.0. The normalized spacial score (nSPS) is 22.9. The van der Waals surface area contributed by atoms with Crippen molar-refractivity contribution < 1.29 is 9.90 Å². The number of benzene rings is 1. The van der Waals surface area contributed by atoms with Gasteiger partial charge in [0.15, 0.2) is 0 Å². The molecular formula is C16H17N5O2. The summed E-state index contributed by atoms with van der Waals surface area (Å²) in [7, 11) is 1.89. The maximum absolute atomic E-state index is 10.8. The summed E-state index contributed by atoms with van der Waals surface area (Å²) < 4.78 is 1.88. The van der Waals surface area contributed by atoms with Crippen molar-refractivity contribution in [2.75, 3.05) is 5.32 Å². The molecule has 23 heavy (non-hydrogen) atoms. The summed E-state index contributed by atoms with van der Waals surface area (Å²) in [5.74, 6) is 0.886. The number of hydrogen-bond acceptors (Lipinski definition) is 4. The molecule has 1 aromatic heterocycles. The molecule has 1 amide bonds. The van der Waals surface area contributed by atoms with Crippen LogP contribution in [0.25, 0.3) is 0 Å². The topological polar surface area (TPSA) is 104 Å². The van der Waals surface area contributed by atoms with Crippen LogP contribution in [0.2, 0.25) is 0 Å². The number of amides is 1. The van der Waals surface area contributed by atoms with Crippen molar-refractivity contribution in [3.8, 4) is 6.07 Å². The van der Waals surface area contributed by atoms with E-state index in [4.69, 9.17) is 10.4 Å². The van der Waals surface area contributed by atoms with E-state index in [2.05, 4.69) is 21.6 Å². The minimum Gasteiger partial charge on any atom is -0.465 e. The van der Waals surface area contributed by atoms with Crippen molar-refractivity contribution in [1.29, 1.82) is 5.26 Å². The quantitative estimate of drug-likeness (QED) is 0.901. The number of anilines is 1. The lowest BCUT2D eigenvalue weighted by molar-refractivity contribution is 0.179. The van der Waals surface area contributed by atoms with E-state index in [9.17, 15) is 4.79 Å². The zero-order valence-corrected chi connectivity index (χ0v) is 12.7. The van der Waals surface area contributed by atoms with Crippen LogP contribution in [0.4, 0.5) is 10.5 Å². The van der Waals surface area contributed by atoms with Gasteiger partial charge in [0, 0.05) is 30.5 Å². The van der Waals surface area contributed by atoms with Gasteiger partial charge in [0.05, 0.1) is 6.07 Å². The summed E-state index contributed by atoms with van der Waals surface area (Å²) in [6.45, 7) is 0. The molecule has 1 aliphatic carbocycles. The fourth-order valence-corrected chi connectivity index (χ4v) is 3.28. The van der Waals surface area contributed by atoms with Gasteiger partial charge < -0.3 is 9.67 Å². The number of aromatic nitrogens is 3. The molecule has 0 unspecified atom stereocenters. The second kappa shape index (κ2) is 5.72. The van der Waals surface area contributed by atoms with Gasteiger partial charge in [-0.15, -0.1) is 10.2 Å². The largest absolute Gasteiger partial charge is 0.465 e. The highest BCUT2D eigenvalue weighted by Gasteiger charge is 2.46. The molecule has 1 saturated carbocycles. The Balaban J connectivity index is 1.92. The molecule has 0 saturated heterocycles. The molecule has 1 fully saturated rings. The molecule has 0 bridgehead atoms. The fraction of sp³-hybridized carbons (Fsp3) is 0.375. The Bertz CT molecular complexity index is 771. The number of nitrogens with zero attached hydrogens (tertiary/aromatic N) is 4. The molecule has 0 radical (unpaired) electrons. The van der Waals surface area contributed by atoms with Crippen LogP contribution in [0, 0.1) is 17.2 Å². The van der Waals surface area contributed by atoms with Crippen LogP contribution in [0.15, 0.2) is 30.6 Å². The molecule has 7 nitrogen and oxygen atoms in total. The van der Waals surface area contributed by atoms with E-state index in [1.165, 1.54) is 0 Å². The minimum absolute atomic E-state index is 0.0271. The molecule has 0 atom stereocenters. The molecule has 118 valence electrons. The van der Waals surface area contributed by atoms with E-state index >= 15 is 0 Å². The average Bonchev–Trinajstić information content (AvgIpc) is 2.87. The average molecular weight is 311 g/mol. The zero-order valence-electron chi connectivity index (χ0n) is 12.7. The van der Waals surface area contributed by atoms with Crippen molar-refractivity contribution in [2.24, 2.45) is 13.0 Å². The number of nitrogens with one attached hydrogen (secondary N) is 1. The summed E-state index contributed by atoms with van der Waals surface area (Å²) in [6, 6.07) is 9.69. The number of rotatable bonds is 4. The predicted octanol–water partition coefficient (Wildman–Crippen LogP) is 2.32. The number of aryl methyl sites for hydroxylation is 1. The fourth-order valence-electron chi connectivity index (χ4n) is 3.28. The van der Waals surface area contributed by atoms with Crippen molar-refractivity contribution in [3.05, 3.63) is 42.0 Å². The molecule has 2 aromatic rings. The third-order valence-corrected chi connectivity index (χ3v) is 4.48. The lowest BCUT2D eigenvalue weighted by atomic mass is 9.57. The van der Waals surface area contributed by atoms with Crippen LogP contribution in [-0.2, 0) is 18.9 Å². The van der Waals surface area contributed by atoms with Gasteiger partial charge in [-0.3, -0.25) is 5.32 Å². The van der Waals surface area contributed by atoms with Gasteiger partial charge in [-0.2, -0.15) is 5.26 Å². The van der Waals surface area contributed by atoms with Crippen LogP contribution in [-0.4, -0.2) is 26.0 Å². The van der Waals surface area contributed by atoms with Gasteiger partial charge in [0.25, 0.3) is 0 Å². The van der Waals surface area contributed by atoms with Gasteiger partial charge >= 0.3 is 6.09 Å². The van der Waals surface area contributed by atoms with Crippen molar-refractivity contribution in [2.45, 2.75) is 24.7 Å². The molecular weight excluding hydrogens is 294 g/mol. The van der Waals surface area contributed by atoms with Crippen LogP contribution in [0.3, 0.4) is 0 Å². The summed E-state index contributed by atoms with van der Waals surface area (Å²) in [4.78, 5) is 10.8. The predicted molar refractivity (Wildman–Crippen MR) is 82.8 cm³/mol. The van der Waals surface area contributed by atoms with Gasteiger partial charge in [0.1, 0.15) is 12.2 Å². The van der Waals surface area contributed by atoms with Gasteiger partial charge in [0.2, 0.25) is 0 Å². The molecule has 7 heteroatoms. The third kappa shape index (κ3) is 2.88. The Morgan fingerprint density at radius 1 is 1.57 bits per heavy atom. The number of carboxylic acid groups (broad SMARTS) is 1. The first-order valence-electron chi connectivity index (χ1n) is 7.35. The highest BCUT2D eigenvalue weighted by atomic mass is 16.4. The van der Waals surface area contributed by atoms with Crippen LogP contribution >= 0.6 is 0 Å². The highest BCUT2D eigenvalue weighted by molar-refractivity contribution is 5.82. The Morgan fingerprint density at radius 3 is 2.96 bits per heavy atom. The SMILES string of the molecule is Cn1cnnc1CC1(c2cccc(NC(=O)O)c2)CC(C#N)C1. The first-order valence-corrected chi connectivity index (χ1v) is 7.35. The molecule has 1 heterocycles. The summed E-state index contributed by atoms with van der Waals surface area (Å²) in [5.41, 5.74) is 1.36. The van der Waals surface area contributed by atoms with E-state index < -0.39 is 6.09 Å². The van der Waals surface area contributed by atoms with Crippen molar-refractivity contribution in [3.63, 3.8) is 0 Å². The summed E-state index contributed by atoms with van der Waals surface area (Å²) in [6.07, 6.45) is 2.73. The van der Waals surface area contributed by atoms with Crippen LogP contribution in [0.1, 0.15) is 24.2 Å². The van der Waals surface area contributed by atoms with E-state index in [0.29, 0.717) is 12.1 Å². The van der Waals surface area contributed by atoms with Gasteiger partial charge in [-0.1, -0.05) is 12.1 Å². The summed E-state index contributed by atoms with van der Waals surface area (Å²) >= 11 is 0.